The van der Waals surface area contributed by atoms with Crippen molar-refractivity contribution in [3.8, 4) is 0 Å². The van der Waals surface area contributed by atoms with Crippen LogP contribution in [0.5, 0.6) is 0 Å². The van der Waals surface area contributed by atoms with Gasteiger partial charge in [0.1, 0.15) is 5.01 Å². The first-order chi connectivity index (χ1) is 7.79. The van der Waals surface area contributed by atoms with Crippen LogP contribution in [-0.4, -0.2) is 28.4 Å². The molecule has 0 bridgehead atoms. The number of aryl methyl sites for hydroxylation is 1. The molecule has 0 saturated carbocycles. The number of halogens is 1. The van der Waals surface area contributed by atoms with Crippen molar-refractivity contribution in [2.45, 2.75) is 45.2 Å². The fourth-order valence-electron chi connectivity index (χ4n) is 2.37. The Hall–Kier alpha value is -0.120. The summed E-state index contributed by atoms with van der Waals surface area (Å²) in [6, 6.07) is 0.676. The van der Waals surface area contributed by atoms with E-state index in [1.54, 1.807) is 11.3 Å². The van der Waals surface area contributed by atoms with Crippen molar-refractivity contribution >= 4 is 22.9 Å². The minimum atomic E-state index is 0.676. The second-order valence-electron chi connectivity index (χ2n) is 4.48. The van der Waals surface area contributed by atoms with E-state index in [-0.39, 0.29) is 0 Å². The number of aromatic nitrogens is 1. The third kappa shape index (κ3) is 3.19. The monoisotopic (exact) mass is 258 g/mol. The molecule has 1 saturated heterocycles. The zero-order chi connectivity index (χ0) is 11.4. The van der Waals surface area contributed by atoms with Crippen LogP contribution in [0.3, 0.4) is 0 Å². The van der Waals surface area contributed by atoms with Gasteiger partial charge in [0, 0.05) is 23.0 Å². The van der Waals surface area contributed by atoms with Gasteiger partial charge in [-0.1, -0.05) is 6.42 Å². The summed E-state index contributed by atoms with van der Waals surface area (Å²) >= 11 is 7.65. The smallest absolute Gasteiger partial charge is 0.107 e. The summed E-state index contributed by atoms with van der Waals surface area (Å²) in [5, 5.41) is 3.38. The van der Waals surface area contributed by atoms with Gasteiger partial charge in [0.2, 0.25) is 0 Å². The first-order valence-electron chi connectivity index (χ1n) is 6.00. The van der Waals surface area contributed by atoms with Crippen LogP contribution in [-0.2, 0) is 6.54 Å². The van der Waals surface area contributed by atoms with Gasteiger partial charge in [-0.05, 0) is 32.7 Å². The van der Waals surface area contributed by atoms with E-state index in [9.17, 15) is 0 Å². The first kappa shape index (κ1) is 12.3. The van der Waals surface area contributed by atoms with Gasteiger partial charge < -0.3 is 0 Å². The molecule has 1 aromatic heterocycles. The van der Waals surface area contributed by atoms with Crippen LogP contribution in [0.15, 0.2) is 5.38 Å². The standard InChI is InChI=1S/C12H19ClN2S/c1-10-9-16-12(14-10)8-15-7-3-2-4-11(15)5-6-13/h9,11H,2-8H2,1H3. The maximum atomic E-state index is 5.87. The van der Waals surface area contributed by atoms with Crippen molar-refractivity contribution in [3.05, 3.63) is 16.1 Å². The van der Waals surface area contributed by atoms with Gasteiger partial charge in [0.05, 0.1) is 6.54 Å². The van der Waals surface area contributed by atoms with E-state index in [0.29, 0.717) is 6.04 Å². The lowest BCUT2D eigenvalue weighted by Crippen LogP contribution is -2.39. The van der Waals surface area contributed by atoms with E-state index in [0.717, 1.165) is 24.5 Å². The van der Waals surface area contributed by atoms with E-state index in [1.807, 2.05) is 0 Å². The highest BCUT2D eigenvalue weighted by Crippen LogP contribution is 2.23. The van der Waals surface area contributed by atoms with E-state index in [2.05, 4.69) is 22.2 Å². The van der Waals surface area contributed by atoms with Gasteiger partial charge in [0.25, 0.3) is 0 Å². The number of rotatable bonds is 4. The number of piperidine rings is 1. The minimum absolute atomic E-state index is 0.676. The van der Waals surface area contributed by atoms with Gasteiger partial charge in [-0.25, -0.2) is 4.98 Å². The van der Waals surface area contributed by atoms with Crippen LogP contribution in [0.1, 0.15) is 36.4 Å². The minimum Gasteiger partial charge on any atom is -0.294 e. The van der Waals surface area contributed by atoms with Gasteiger partial charge in [0.15, 0.2) is 0 Å². The number of alkyl halides is 1. The topological polar surface area (TPSA) is 16.1 Å². The van der Waals surface area contributed by atoms with E-state index < -0.39 is 0 Å². The fourth-order valence-corrected chi connectivity index (χ4v) is 3.42. The number of nitrogens with zero attached hydrogens (tertiary/aromatic N) is 2. The lowest BCUT2D eigenvalue weighted by molar-refractivity contribution is 0.136. The van der Waals surface area contributed by atoms with Crippen molar-refractivity contribution in [3.63, 3.8) is 0 Å². The summed E-state index contributed by atoms with van der Waals surface area (Å²) < 4.78 is 0. The molecule has 2 heterocycles. The average Bonchev–Trinajstić information content (AvgIpc) is 2.67. The molecule has 16 heavy (non-hydrogen) atoms. The Labute approximate surface area is 107 Å². The Morgan fingerprint density at radius 2 is 2.44 bits per heavy atom. The zero-order valence-corrected chi connectivity index (χ0v) is 11.4. The lowest BCUT2D eigenvalue weighted by Gasteiger charge is -2.34. The number of hydrogen-bond acceptors (Lipinski definition) is 3. The Kier molecular flexibility index (Phi) is 4.62. The van der Waals surface area contributed by atoms with Gasteiger partial charge in [-0.15, -0.1) is 22.9 Å². The number of thiazole rings is 1. The summed E-state index contributed by atoms with van der Waals surface area (Å²) in [5.41, 5.74) is 1.14. The zero-order valence-electron chi connectivity index (χ0n) is 9.79. The van der Waals surface area contributed by atoms with Crippen LogP contribution >= 0.6 is 22.9 Å². The fraction of sp³-hybridized carbons (Fsp3) is 0.750. The van der Waals surface area contributed by atoms with Crippen molar-refractivity contribution in [1.82, 2.24) is 9.88 Å². The maximum Gasteiger partial charge on any atom is 0.107 e. The van der Waals surface area contributed by atoms with Crippen LogP contribution in [0.25, 0.3) is 0 Å². The summed E-state index contributed by atoms with van der Waals surface area (Å²) in [4.78, 5) is 7.10. The third-order valence-electron chi connectivity index (χ3n) is 3.20. The first-order valence-corrected chi connectivity index (χ1v) is 7.42. The van der Waals surface area contributed by atoms with Crippen molar-refractivity contribution in [2.24, 2.45) is 0 Å². The van der Waals surface area contributed by atoms with E-state index in [4.69, 9.17) is 11.6 Å². The molecule has 0 amide bonds. The molecule has 1 aliphatic heterocycles. The predicted molar refractivity (Wildman–Crippen MR) is 70.2 cm³/mol. The molecule has 0 spiro atoms. The molecule has 4 heteroatoms. The largest absolute Gasteiger partial charge is 0.294 e. The molecule has 90 valence electrons. The summed E-state index contributed by atoms with van der Waals surface area (Å²) in [5.74, 6) is 0.776. The number of hydrogen-bond donors (Lipinski definition) is 0. The molecule has 0 N–H and O–H groups in total. The molecule has 1 aromatic rings. The van der Waals surface area contributed by atoms with Crippen LogP contribution in [0, 0.1) is 6.92 Å². The molecule has 1 atom stereocenters. The summed E-state index contributed by atoms with van der Waals surface area (Å²) in [7, 11) is 0. The van der Waals surface area contributed by atoms with Crippen molar-refractivity contribution in [1.29, 1.82) is 0 Å². The quantitative estimate of drug-likeness (QED) is 0.770. The third-order valence-corrected chi connectivity index (χ3v) is 4.37. The Bertz CT molecular complexity index is 325. The molecular weight excluding hydrogens is 240 g/mol. The highest BCUT2D eigenvalue weighted by Gasteiger charge is 2.22. The normalized spacial score (nSPS) is 22.5. The molecular formula is C12H19ClN2S. The lowest BCUT2D eigenvalue weighted by atomic mass is 10.0. The Morgan fingerprint density at radius 3 is 3.12 bits per heavy atom. The highest BCUT2D eigenvalue weighted by atomic mass is 35.5. The molecule has 2 rings (SSSR count). The Morgan fingerprint density at radius 1 is 1.56 bits per heavy atom. The van der Waals surface area contributed by atoms with Crippen LogP contribution in [0.2, 0.25) is 0 Å². The molecule has 0 aromatic carbocycles. The van der Waals surface area contributed by atoms with Crippen molar-refractivity contribution < 1.29 is 0 Å². The second-order valence-corrected chi connectivity index (χ2v) is 5.80. The Balaban J connectivity index is 1.95. The summed E-state index contributed by atoms with van der Waals surface area (Å²) in [6.07, 6.45) is 5.10. The van der Waals surface area contributed by atoms with Crippen LogP contribution < -0.4 is 0 Å². The highest BCUT2D eigenvalue weighted by molar-refractivity contribution is 7.09. The van der Waals surface area contributed by atoms with Gasteiger partial charge in [-0.3, -0.25) is 4.90 Å². The van der Waals surface area contributed by atoms with Crippen molar-refractivity contribution in [2.75, 3.05) is 12.4 Å². The maximum absolute atomic E-state index is 5.87. The molecule has 2 nitrogen and oxygen atoms in total. The van der Waals surface area contributed by atoms with E-state index >= 15 is 0 Å². The molecule has 0 aliphatic carbocycles. The van der Waals surface area contributed by atoms with Gasteiger partial charge >= 0.3 is 0 Å². The van der Waals surface area contributed by atoms with Gasteiger partial charge in [-0.2, -0.15) is 0 Å². The predicted octanol–water partition coefficient (Wildman–Crippen LogP) is 3.43. The van der Waals surface area contributed by atoms with Crippen LogP contribution in [0.4, 0.5) is 0 Å². The molecule has 1 fully saturated rings. The second kappa shape index (κ2) is 5.99. The summed E-state index contributed by atoms with van der Waals surface area (Å²) in [6.45, 7) is 4.28. The molecule has 1 aliphatic rings. The number of likely N-dealkylation sites (tertiary alicyclic amines) is 1. The SMILES string of the molecule is Cc1csc(CN2CCCCC2CCCl)n1. The molecule has 0 radical (unpaired) electrons. The van der Waals surface area contributed by atoms with E-state index in [1.165, 1.54) is 30.8 Å². The average molecular weight is 259 g/mol. The molecule has 1 unspecified atom stereocenters.